The molecule has 0 amide bonds. The van der Waals surface area contributed by atoms with Gasteiger partial charge in [0.15, 0.2) is 0 Å². The van der Waals surface area contributed by atoms with Crippen LogP contribution in [0.25, 0.3) is 0 Å². The van der Waals surface area contributed by atoms with Crippen LogP contribution in [0.4, 0.5) is 0 Å². The second kappa shape index (κ2) is 5.03. The van der Waals surface area contributed by atoms with E-state index in [4.69, 9.17) is 5.73 Å². The van der Waals surface area contributed by atoms with Gasteiger partial charge in [-0.15, -0.1) is 0 Å². The summed E-state index contributed by atoms with van der Waals surface area (Å²) < 4.78 is 28.0. The molecule has 18 heavy (non-hydrogen) atoms. The summed E-state index contributed by atoms with van der Waals surface area (Å²) in [6.45, 7) is 3.14. The van der Waals surface area contributed by atoms with E-state index in [0.717, 1.165) is 12.8 Å². The first-order valence-electron chi connectivity index (χ1n) is 6.29. The van der Waals surface area contributed by atoms with Gasteiger partial charge in [-0.2, -0.15) is 4.31 Å². The number of hydrogen-bond acceptors (Lipinski definition) is 3. The molecule has 0 aromatic carbocycles. The number of aryl methyl sites for hydroxylation is 1. The first-order chi connectivity index (χ1) is 8.41. The lowest BCUT2D eigenvalue weighted by Gasteiger charge is -2.32. The number of aromatic nitrogens is 1. The highest BCUT2D eigenvalue weighted by Crippen LogP contribution is 2.25. The summed E-state index contributed by atoms with van der Waals surface area (Å²) in [5, 5.41) is 0. The molecule has 5 nitrogen and oxygen atoms in total. The van der Waals surface area contributed by atoms with E-state index in [0.29, 0.717) is 23.9 Å². The Morgan fingerprint density at radius 2 is 2.00 bits per heavy atom. The molecule has 0 radical (unpaired) electrons. The second-order valence-corrected chi connectivity index (χ2v) is 7.05. The van der Waals surface area contributed by atoms with Crippen molar-refractivity contribution in [3.63, 3.8) is 0 Å². The average Bonchev–Trinajstić information content (AvgIpc) is 2.76. The maximum absolute atomic E-state index is 12.4. The summed E-state index contributed by atoms with van der Waals surface area (Å²) in [5.41, 5.74) is 5.86. The number of nitrogens with two attached hydrogens (primary N) is 1. The normalized spacial score (nSPS) is 21.1. The van der Waals surface area contributed by atoms with Crippen molar-refractivity contribution < 1.29 is 8.42 Å². The number of hydrogen-bond donors (Lipinski definition) is 1. The van der Waals surface area contributed by atoms with E-state index >= 15 is 0 Å². The number of sulfonamides is 1. The van der Waals surface area contributed by atoms with Crippen LogP contribution in [-0.2, 0) is 17.1 Å². The van der Waals surface area contributed by atoms with Crippen molar-refractivity contribution in [3.8, 4) is 0 Å². The predicted molar refractivity (Wildman–Crippen MR) is 70.5 cm³/mol. The van der Waals surface area contributed by atoms with Crippen LogP contribution in [0.1, 0.15) is 19.8 Å². The van der Waals surface area contributed by atoms with E-state index in [-0.39, 0.29) is 6.04 Å². The molecule has 2 rings (SSSR count). The lowest BCUT2D eigenvalue weighted by molar-refractivity contribution is 0.250. The zero-order chi connectivity index (χ0) is 13.3. The van der Waals surface area contributed by atoms with E-state index in [1.807, 2.05) is 14.0 Å². The lowest BCUT2D eigenvalue weighted by atomic mass is 9.92. The Kier molecular flexibility index (Phi) is 3.79. The van der Waals surface area contributed by atoms with E-state index < -0.39 is 10.0 Å². The Morgan fingerprint density at radius 3 is 2.44 bits per heavy atom. The Hall–Kier alpha value is -0.850. The highest BCUT2D eigenvalue weighted by Gasteiger charge is 2.30. The monoisotopic (exact) mass is 271 g/mol. The van der Waals surface area contributed by atoms with E-state index in [1.165, 1.54) is 0 Å². The molecule has 1 fully saturated rings. The van der Waals surface area contributed by atoms with Crippen molar-refractivity contribution in [1.82, 2.24) is 8.87 Å². The summed E-state index contributed by atoms with van der Waals surface area (Å²) >= 11 is 0. The molecule has 1 atom stereocenters. The molecule has 1 aromatic heterocycles. The third-order valence-corrected chi connectivity index (χ3v) is 5.57. The standard InChI is InChI=1S/C12H21N3O2S/c1-10(13)11-3-7-15(8-4-11)18(16,17)12-5-6-14(2)9-12/h5-6,9-11H,3-4,7-8,13H2,1-2H3. The molecule has 2 N–H and O–H groups in total. The first kappa shape index (κ1) is 13.6. The largest absolute Gasteiger partial charge is 0.356 e. The fourth-order valence-corrected chi connectivity index (χ4v) is 3.94. The van der Waals surface area contributed by atoms with Gasteiger partial charge in [0.05, 0.1) is 4.90 Å². The van der Waals surface area contributed by atoms with Crippen LogP contribution in [0.15, 0.2) is 23.4 Å². The van der Waals surface area contributed by atoms with Gasteiger partial charge in [0.2, 0.25) is 10.0 Å². The predicted octanol–water partition coefficient (Wildman–Crippen LogP) is 0.773. The second-order valence-electron chi connectivity index (χ2n) is 5.11. The van der Waals surface area contributed by atoms with Gasteiger partial charge in [-0.3, -0.25) is 0 Å². The molecule has 0 aliphatic carbocycles. The van der Waals surface area contributed by atoms with Crippen molar-refractivity contribution in [3.05, 3.63) is 18.5 Å². The smallest absolute Gasteiger partial charge is 0.244 e. The Balaban J connectivity index is 2.09. The van der Waals surface area contributed by atoms with E-state index in [1.54, 1.807) is 27.3 Å². The third-order valence-electron chi connectivity index (χ3n) is 3.68. The van der Waals surface area contributed by atoms with Crippen molar-refractivity contribution in [2.75, 3.05) is 13.1 Å². The Morgan fingerprint density at radius 1 is 1.39 bits per heavy atom. The van der Waals surface area contributed by atoms with Crippen LogP contribution in [0.5, 0.6) is 0 Å². The zero-order valence-electron chi connectivity index (χ0n) is 10.9. The van der Waals surface area contributed by atoms with E-state index in [2.05, 4.69) is 0 Å². The van der Waals surface area contributed by atoms with Crippen molar-refractivity contribution in [2.24, 2.45) is 18.7 Å². The van der Waals surface area contributed by atoms with Gasteiger partial charge in [-0.25, -0.2) is 8.42 Å². The summed E-state index contributed by atoms with van der Waals surface area (Å²) in [5.74, 6) is 0.437. The molecule has 1 unspecified atom stereocenters. The highest BCUT2D eigenvalue weighted by atomic mass is 32.2. The van der Waals surface area contributed by atoms with Gasteiger partial charge >= 0.3 is 0 Å². The van der Waals surface area contributed by atoms with Gasteiger partial charge in [-0.1, -0.05) is 0 Å². The topological polar surface area (TPSA) is 68.3 Å². The minimum atomic E-state index is -3.32. The molecule has 1 aliphatic heterocycles. The molecular weight excluding hydrogens is 250 g/mol. The zero-order valence-corrected chi connectivity index (χ0v) is 11.7. The summed E-state index contributed by atoms with van der Waals surface area (Å²) in [6, 6.07) is 1.79. The van der Waals surface area contributed by atoms with Gasteiger partial charge in [0.1, 0.15) is 0 Å². The quantitative estimate of drug-likeness (QED) is 0.883. The van der Waals surface area contributed by atoms with Gasteiger partial charge in [-0.05, 0) is 31.7 Å². The Labute approximate surface area is 109 Å². The number of rotatable bonds is 3. The van der Waals surface area contributed by atoms with Crippen LogP contribution in [0, 0.1) is 5.92 Å². The van der Waals surface area contributed by atoms with Crippen LogP contribution in [0.3, 0.4) is 0 Å². The molecular formula is C12H21N3O2S. The molecule has 2 heterocycles. The average molecular weight is 271 g/mol. The summed E-state index contributed by atoms with van der Waals surface area (Å²) in [6.07, 6.45) is 5.10. The fraction of sp³-hybridized carbons (Fsp3) is 0.667. The van der Waals surface area contributed by atoms with Crippen molar-refractivity contribution >= 4 is 10.0 Å². The molecule has 0 spiro atoms. The highest BCUT2D eigenvalue weighted by molar-refractivity contribution is 7.89. The first-order valence-corrected chi connectivity index (χ1v) is 7.73. The van der Waals surface area contributed by atoms with Crippen molar-refractivity contribution in [2.45, 2.75) is 30.7 Å². The Bertz CT molecular complexity index is 499. The number of piperidine rings is 1. The third kappa shape index (κ3) is 2.60. The molecule has 1 aromatic rings. The maximum atomic E-state index is 12.4. The summed E-state index contributed by atoms with van der Waals surface area (Å²) in [7, 11) is -1.50. The molecule has 102 valence electrons. The summed E-state index contributed by atoms with van der Waals surface area (Å²) in [4.78, 5) is 0.379. The van der Waals surface area contributed by atoms with Crippen LogP contribution in [-0.4, -0.2) is 36.4 Å². The molecule has 0 saturated carbocycles. The lowest BCUT2D eigenvalue weighted by Crippen LogP contribution is -2.42. The minimum Gasteiger partial charge on any atom is -0.356 e. The van der Waals surface area contributed by atoms with Crippen LogP contribution >= 0.6 is 0 Å². The molecule has 6 heteroatoms. The van der Waals surface area contributed by atoms with Gasteiger partial charge < -0.3 is 10.3 Å². The van der Waals surface area contributed by atoms with Gasteiger partial charge in [0.25, 0.3) is 0 Å². The molecule has 0 bridgehead atoms. The molecule has 1 saturated heterocycles. The van der Waals surface area contributed by atoms with Crippen molar-refractivity contribution in [1.29, 1.82) is 0 Å². The SMILES string of the molecule is CC(N)C1CCN(S(=O)(=O)c2ccn(C)c2)CC1. The fourth-order valence-electron chi connectivity index (χ4n) is 2.42. The van der Waals surface area contributed by atoms with E-state index in [9.17, 15) is 8.42 Å². The number of nitrogens with zero attached hydrogens (tertiary/aromatic N) is 2. The maximum Gasteiger partial charge on any atom is 0.244 e. The van der Waals surface area contributed by atoms with Crippen LogP contribution < -0.4 is 5.73 Å². The molecule has 1 aliphatic rings. The van der Waals surface area contributed by atoms with Crippen LogP contribution in [0.2, 0.25) is 0 Å². The minimum absolute atomic E-state index is 0.145. The van der Waals surface area contributed by atoms with Gasteiger partial charge in [0, 0.05) is 38.6 Å².